The molecule has 0 saturated carbocycles. The topological polar surface area (TPSA) is 63.2 Å². The van der Waals surface area contributed by atoms with Gasteiger partial charge in [-0.1, -0.05) is 6.07 Å². The van der Waals surface area contributed by atoms with Crippen LogP contribution in [0.5, 0.6) is 0 Å². The number of nitrogens with zero attached hydrogens (tertiary/aromatic N) is 1. The summed E-state index contributed by atoms with van der Waals surface area (Å²) < 4.78 is 5.31. The van der Waals surface area contributed by atoms with E-state index in [2.05, 4.69) is 15.6 Å². The second kappa shape index (κ2) is 5.56. The molecule has 1 unspecified atom stereocenters. The van der Waals surface area contributed by atoms with E-state index in [9.17, 15) is 4.79 Å². The van der Waals surface area contributed by atoms with Gasteiger partial charge in [0.1, 0.15) is 6.04 Å². The average Bonchev–Trinajstić information content (AvgIpc) is 2.51. The molecular weight excluding hydrogens is 254 g/mol. The van der Waals surface area contributed by atoms with Gasteiger partial charge in [0, 0.05) is 18.1 Å². The van der Waals surface area contributed by atoms with Crippen LogP contribution in [-0.2, 0) is 9.53 Å². The Morgan fingerprint density at radius 3 is 3.15 bits per heavy atom. The zero-order chi connectivity index (χ0) is 13.9. The molecule has 20 heavy (non-hydrogen) atoms. The molecule has 2 N–H and O–H groups in total. The fourth-order valence-corrected chi connectivity index (χ4v) is 2.38. The van der Waals surface area contributed by atoms with Crippen LogP contribution in [0.3, 0.4) is 0 Å². The molecule has 2 heterocycles. The SMILES string of the molecule is Cc1ccc(NC(=O)C2COCCN2)c2cccnc12. The highest BCUT2D eigenvalue weighted by Gasteiger charge is 2.21. The number of hydrogen-bond acceptors (Lipinski definition) is 4. The molecule has 5 nitrogen and oxygen atoms in total. The Morgan fingerprint density at radius 2 is 2.35 bits per heavy atom. The average molecular weight is 271 g/mol. The van der Waals surface area contributed by atoms with Crippen molar-refractivity contribution < 1.29 is 9.53 Å². The van der Waals surface area contributed by atoms with Crippen LogP contribution < -0.4 is 10.6 Å². The minimum atomic E-state index is -0.295. The third kappa shape index (κ3) is 2.50. The van der Waals surface area contributed by atoms with E-state index in [0.29, 0.717) is 19.8 Å². The first kappa shape index (κ1) is 13.0. The van der Waals surface area contributed by atoms with Gasteiger partial charge < -0.3 is 15.4 Å². The fraction of sp³-hybridized carbons (Fsp3) is 0.333. The van der Waals surface area contributed by atoms with E-state index in [1.165, 1.54) is 0 Å². The first-order valence-corrected chi connectivity index (χ1v) is 6.72. The molecule has 1 saturated heterocycles. The number of amides is 1. The van der Waals surface area contributed by atoms with Crippen molar-refractivity contribution in [3.8, 4) is 0 Å². The Bertz CT molecular complexity index is 636. The van der Waals surface area contributed by atoms with Gasteiger partial charge in [-0.25, -0.2) is 0 Å². The lowest BCUT2D eigenvalue weighted by atomic mass is 10.1. The van der Waals surface area contributed by atoms with Crippen LogP contribution >= 0.6 is 0 Å². The lowest BCUT2D eigenvalue weighted by Crippen LogP contribution is -2.48. The van der Waals surface area contributed by atoms with Crippen molar-refractivity contribution in [1.29, 1.82) is 0 Å². The number of aryl methyl sites for hydroxylation is 1. The number of ether oxygens (including phenoxy) is 1. The Morgan fingerprint density at radius 1 is 1.45 bits per heavy atom. The van der Waals surface area contributed by atoms with Crippen LogP contribution in [-0.4, -0.2) is 36.7 Å². The summed E-state index contributed by atoms with van der Waals surface area (Å²) in [6.45, 7) is 3.78. The highest BCUT2D eigenvalue weighted by molar-refractivity contribution is 6.03. The summed E-state index contributed by atoms with van der Waals surface area (Å²) in [6, 6.07) is 7.43. The van der Waals surface area contributed by atoms with Gasteiger partial charge >= 0.3 is 0 Å². The highest BCUT2D eigenvalue weighted by Crippen LogP contribution is 2.24. The number of fused-ring (bicyclic) bond motifs is 1. The van der Waals surface area contributed by atoms with Crippen LogP contribution in [0.2, 0.25) is 0 Å². The number of aromatic nitrogens is 1. The Labute approximate surface area is 117 Å². The van der Waals surface area contributed by atoms with E-state index in [4.69, 9.17) is 4.74 Å². The minimum Gasteiger partial charge on any atom is -0.378 e. The molecule has 0 bridgehead atoms. The van der Waals surface area contributed by atoms with E-state index >= 15 is 0 Å². The maximum absolute atomic E-state index is 12.2. The van der Waals surface area contributed by atoms with Crippen molar-refractivity contribution in [2.24, 2.45) is 0 Å². The molecule has 1 aliphatic heterocycles. The smallest absolute Gasteiger partial charge is 0.243 e. The molecule has 104 valence electrons. The van der Waals surface area contributed by atoms with E-state index < -0.39 is 0 Å². The number of carbonyl (C=O) groups excluding carboxylic acids is 1. The van der Waals surface area contributed by atoms with Gasteiger partial charge in [-0.15, -0.1) is 0 Å². The first-order valence-electron chi connectivity index (χ1n) is 6.72. The zero-order valence-electron chi connectivity index (χ0n) is 11.3. The van der Waals surface area contributed by atoms with Crippen molar-refractivity contribution in [1.82, 2.24) is 10.3 Å². The van der Waals surface area contributed by atoms with E-state index in [1.807, 2.05) is 31.2 Å². The van der Waals surface area contributed by atoms with Gasteiger partial charge in [0.2, 0.25) is 5.91 Å². The Kier molecular flexibility index (Phi) is 3.62. The molecule has 1 fully saturated rings. The number of rotatable bonds is 2. The summed E-state index contributed by atoms with van der Waals surface area (Å²) in [6.07, 6.45) is 1.76. The zero-order valence-corrected chi connectivity index (χ0v) is 11.3. The van der Waals surface area contributed by atoms with Crippen LogP contribution in [0, 0.1) is 6.92 Å². The van der Waals surface area contributed by atoms with Gasteiger partial charge in [-0.3, -0.25) is 9.78 Å². The standard InChI is InChI=1S/C15H17N3O2/c1-10-4-5-12(11-3-2-6-17-14(10)11)18-15(19)13-9-20-8-7-16-13/h2-6,13,16H,7-9H2,1H3,(H,18,19). The van der Waals surface area contributed by atoms with Crippen molar-refractivity contribution in [3.05, 3.63) is 36.0 Å². The number of anilines is 1. The molecule has 1 aromatic carbocycles. The molecule has 2 aromatic rings. The molecule has 3 rings (SSSR count). The number of pyridine rings is 1. The summed E-state index contributed by atoms with van der Waals surface area (Å²) in [4.78, 5) is 16.6. The molecule has 5 heteroatoms. The lowest BCUT2D eigenvalue weighted by Gasteiger charge is -2.23. The largest absolute Gasteiger partial charge is 0.378 e. The maximum Gasteiger partial charge on any atom is 0.243 e. The van der Waals surface area contributed by atoms with Gasteiger partial charge in [0.15, 0.2) is 0 Å². The van der Waals surface area contributed by atoms with Crippen LogP contribution in [0.4, 0.5) is 5.69 Å². The molecule has 1 aliphatic rings. The van der Waals surface area contributed by atoms with Crippen LogP contribution in [0.15, 0.2) is 30.5 Å². The van der Waals surface area contributed by atoms with Gasteiger partial charge in [-0.2, -0.15) is 0 Å². The maximum atomic E-state index is 12.2. The van der Waals surface area contributed by atoms with Gasteiger partial charge in [-0.05, 0) is 30.7 Å². The number of morpholine rings is 1. The second-order valence-corrected chi connectivity index (χ2v) is 4.90. The summed E-state index contributed by atoms with van der Waals surface area (Å²) >= 11 is 0. The monoisotopic (exact) mass is 271 g/mol. The number of hydrogen-bond donors (Lipinski definition) is 2. The normalized spacial score (nSPS) is 18.9. The first-order chi connectivity index (χ1) is 9.75. The van der Waals surface area contributed by atoms with Crippen LogP contribution in [0.25, 0.3) is 10.9 Å². The number of carbonyl (C=O) groups is 1. The highest BCUT2D eigenvalue weighted by atomic mass is 16.5. The Balaban J connectivity index is 1.87. The molecule has 1 aromatic heterocycles. The minimum absolute atomic E-state index is 0.0706. The lowest BCUT2D eigenvalue weighted by molar-refractivity contribution is -0.120. The van der Waals surface area contributed by atoms with Crippen molar-refractivity contribution in [2.45, 2.75) is 13.0 Å². The van der Waals surface area contributed by atoms with Crippen molar-refractivity contribution in [3.63, 3.8) is 0 Å². The predicted octanol–water partition coefficient (Wildman–Crippen LogP) is 1.47. The number of nitrogens with one attached hydrogen (secondary N) is 2. The molecule has 1 amide bonds. The van der Waals surface area contributed by atoms with E-state index in [-0.39, 0.29) is 11.9 Å². The van der Waals surface area contributed by atoms with E-state index in [1.54, 1.807) is 6.20 Å². The molecule has 0 radical (unpaired) electrons. The van der Waals surface area contributed by atoms with Crippen molar-refractivity contribution >= 4 is 22.5 Å². The molecular formula is C15H17N3O2. The quantitative estimate of drug-likeness (QED) is 0.868. The fourth-order valence-electron chi connectivity index (χ4n) is 2.38. The molecule has 0 spiro atoms. The van der Waals surface area contributed by atoms with Crippen molar-refractivity contribution in [2.75, 3.05) is 25.1 Å². The van der Waals surface area contributed by atoms with Gasteiger partial charge in [0.25, 0.3) is 0 Å². The third-order valence-corrected chi connectivity index (χ3v) is 3.47. The summed E-state index contributed by atoms with van der Waals surface area (Å²) in [5.41, 5.74) is 2.80. The second-order valence-electron chi connectivity index (χ2n) is 4.90. The number of benzene rings is 1. The van der Waals surface area contributed by atoms with Crippen LogP contribution in [0.1, 0.15) is 5.56 Å². The third-order valence-electron chi connectivity index (χ3n) is 3.47. The predicted molar refractivity (Wildman–Crippen MR) is 77.7 cm³/mol. The summed E-state index contributed by atoms with van der Waals surface area (Å²) in [5.74, 6) is -0.0706. The van der Waals surface area contributed by atoms with E-state index in [0.717, 1.165) is 22.2 Å². The molecule has 1 atom stereocenters. The summed E-state index contributed by atoms with van der Waals surface area (Å²) in [7, 11) is 0. The summed E-state index contributed by atoms with van der Waals surface area (Å²) in [5, 5.41) is 7.06. The molecule has 0 aliphatic carbocycles. The van der Waals surface area contributed by atoms with Gasteiger partial charge in [0.05, 0.1) is 24.4 Å². The Hall–Kier alpha value is -1.98.